The highest BCUT2D eigenvalue weighted by molar-refractivity contribution is 5.81. The average molecular weight is 266 g/mol. The van der Waals surface area contributed by atoms with Gasteiger partial charge in [0.15, 0.2) is 0 Å². The van der Waals surface area contributed by atoms with Crippen LogP contribution in [0.15, 0.2) is 0 Å². The lowest BCUT2D eigenvalue weighted by Crippen LogP contribution is -2.45. The summed E-state index contributed by atoms with van der Waals surface area (Å²) in [7, 11) is 0. The van der Waals surface area contributed by atoms with Crippen molar-refractivity contribution in [1.82, 2.24) is 10.2 Å². The number of likely N-dealkylation sites (tertiary alicyclic amines) is 1. The summed E-state index contributed by atoms with van der Waals surface area (Å²) in [5.74, 6) is 0.770. The van der Waals surface area contributed by atoms with Crippen LogP contribution in [0.1, 0.15) is 52.4 Å². The van der Waals surface area contributed by atoms with E-state index in [1.165, 1.54) is 0 Å². The lowest BCUT2D eigenvalue weighted by atomic mass is 9.93. The van der Waals surface area contributed by atoms with Crippen LogP contribution in [0.5, 0.6) is 0 Å². The molecule has 1 N–H and O–H groups in total. The van der Waals surface area contributed by atoms with Gasteiger partial charge in [0.05, 0.1) is 0 Å². The third-order valence-corrected chi connectivity index (χ3v) is 4.44. The normalized spacial score (nSPS) is 20.7. The molecular weight excluding hydrogens is 240 g/mol. The Hall–Kier alpha value is -1.06. The van der Waals surface area contributed by atoms with E-state index in [9.17, 15) is 9.59 Å². The van der Waals surface area contributed by atoms with Gasteiger partial charge in [-0.05, 0) is 38.5 Å². The summed E-state index contributed by atoms with van der Waals surface area (Å²) in [4.78, 5) is 26.2. The molecule has 0 atom stereocenters. The van der Waals surface area contributed by atoms with Crippen LogP contribution in [-0.2, 0) is 9.59 Å². The largest absolute Gasteiger partial charge is 0.353 e. The van der Waals surface area contributed by atoms with E-state index in [2.05, 4.69) is 19.2 Å². The van der Waals surface area contributed by atoms with Crippen LogP contribution < -0.4 is 5.32 Å². The summed E-state index contributed by atoms with van der Waals surface area (Å²) >= 11 is 0. The maximum atomic E-state index is 12.3. The summed E-state index contributed by atoms with van der Waals surface area (Å²) in [6, 6.07) is 0.441. The van der Waals surface area contributed by atoms with Crippen LogP contribution in [0.2, 0.25) is 0 Å². The SMILES string of the molecule is CCC(CC)C(=O)N1CCC(C(=O)NC2CC2)CC1. The van der Waals surface area contributed by atoms with Crippen molar-refractivity contribution in [3.63, 3.8) is 0 Å². The third-order valence-electron chi connectivity index (χ3n) is 4.44. The number of amides is 2. The number of nitrogens with zero attached hydrogens (tertiary/aromatic N) is 1. The summed E-state index contributed by atoms with van der Waals surface area (Å²) in [5.41, 5.74) is 0. The lowest BCUT2D eigenvalue weighted by Gasteiger charge is -2.33. The van der Waals surface area contributed by atoms with Gasteiger partial charge in [0, 0.05) is 31.0 Å². The Morgan fingerprint density at radius 3 is 2.16 bits per heavy atom. The van der Waals surface area contributed by atoms with Gasteiger partial charge >= 0.3 is 0 Å². The molecule has 1 heterocycles. The van der Waals surface area contributed by atoms with Crippen molar-refractivity contribution < 1.29 is 9.59 Å². The molecule has 0 aromatic carbocycles. The molecule has 0 aromatic rings. The molecule has 1 aliphatic heterocycles. The monoisotopic (exact) mass is 266 g/mol. The van der Waals surface area contributed by atoms with Crippen molar-refractivity contribution in [3.05, 3.63) is 0 Å². The standard InChI is InChI=1S/C15H26N2O2/c1-3-11(4-2)15(19)17-9-7-12(8-10-17)14(18)16-13-5-6-13/h11-13H,3-10H2,1-2H3,(H,16,18). The number of hydrogen-bond donors (Lipinski definition) is 1. The molecule has 1 aliphatic carbocycles. The molecule has 4 nitrogen and oxygen atoms in total. The van der Waals surface area contributed by atoms with Crippen LogP contribution in [0.3, 0.4) is 0 Å². The van der Waals surface area contributed by atoms with Crippen molar-refractivity contribution >= 4 is 11.8 Å². The van der Waals surface area contributed by atoms with Gasteiger partial charge in [-0.3, -0.25) is 9.59 Å². The molecule has 0 radical (unpaired) electrons. The van der Waals surface area contributed by atoms with E-state index in [4.69, 9.17) is 0 Å². The van der Waals surface area contributed by atoms with E-state index in [-0.39, 0.29) is 23.7 Å². The Labute approximate surface area is 115 Å². The Kier molecular flexibility index (Phi) is 4.83. The number of piperidine rings is 1. The van der Waals surface area contributed by atoms with Gasteiger partial charge in [0.25, 0.3) is 0 Å². The highest BCUT2D eigenvalue weighted by atomic mass is 16.2. The van der Waals surface area contributed by atoms with Gasteiger partial charge in [-0.15, -0.1) is 0 Å². The second kappa shape index (κ2) is 6.40. The minimum absolute atomic E-state index is 0.117. The van der Waals surface area contributed by atoms with Crippen LogP contribution >= 0.6 is 0 Å². The van der Waals surface area contributed by atoms with E-state index in [0.29, 0.717) is 6.04 Å². The van der Waals surface area contributed by atoms with Crippen molar-refractivity contribution in [2.24, 2.45) is 11.8 Å². The molecule has 0 bridgehead atoms. The molecule has 1 saturated heterocycles. The zero-order valence-electron chi connectivity index (χ0n) is 12.2. The van der Waals surface area contributed by atoms with E-state index in [1.54, 1.807) is 0 Å². The number of rotatable bonds is 5. The molecule has 19 heavy (non-hydrogen) atoms. The van der Waals surface area contributed by atoms with Crippen molar-refractivity contribution in [2.45, 2.75) is 58.4 Å². The molecule has 108 valence electrons. The summed E-state index contributed by atoms with van der Waals surface area (Å²) in [5, 5.41) is 3.07. The molecule has 0 unspecified atom stereocenters. The molecule has 2 rings (SSSR count). The predicted octanol–water partition coefficient (Wildman–Crippen LogP) is 1.94. The molecule has 2 aliphatic rings. The molecule has 0 aromatic heterocycles. The van der Waals surface area contributed by atoms with Gasteiger partial charge in [-0.2, -0.15) is 0 Å². The average Bonchev–Trinajstić information content (AvgIpc) is 3.24. The zero-order chi connectivity index (χ0) is 13.8. The van der Waals surface area contributed by atoms with E-state index >= 15 is 0 Å². The van der Waals surface area contributed by atoms with Crippen LogP contribution in [0, 0.1) is 11.8 Å². The second-order valence-corrected chi connectivity index (χ2v) is 5.90. The Bertz CT molecular complexity index is 327. The van der Waals surface area contributed by atoms with Gasteiger partial charge in [0.1, 0.15) is 0 Å². The molecule has 2 amide bonds. The maximum Gasteiger partial charge on any atom is 0.225 e. The number of carbonyl (C=O) groups excluding carboxylic acids is 2. The fourth-order valence-electron chi connectivity index (χ4n) is 2.80. The minimum atomic E-state index is 0.117. The Morgan fingerprint density at radius 2 is 1.68 bits per heavy atom. The van der Waals surface area contributed by atoms with Gasteiger partial charge in [-0.1, -0.05) is 13.8 Å². The second-order valence-electron chi connectivity index (χ2n) is 5.90. The van der Waals surface area contributed by atoms with Crippen LogP contribution in [0.4, 0.5) is 0 Å². The van der Waals surface area contributed by atoms with E-state index < -0.39 is 0 Å². The van der Waals surface area contributed by atoms with Gasteiger partial charge in [-0.25, -0.2) is 0 Å². The molecule has 1 saturated carbocycles. The zero-order valence-corrected chi connectivity index (χ0v) is 12.2. The first-order chi connectivity index (χ1) is 9.15. The first-order valence-corrected chi connectivity index (χ1v) is 7.74. The van der Waals surface area contributed by atoms with E-state index in [1.807, 2.05) is 4.90 Å². The number of carbonyl (C=O) groups is 2. The van der Waals surface area contributed by atoms with Gasteiger partial charge < -0.3 is 10.2 Å². The van der Waals surface area contributed by atoms with Crippen LogP contribution in [-0.4, -0.2) is 35.8 Å². The maximum absolute atomic E-state index is 12.3. The first kappa shape index (κ1) is 14.4. The molecular formula is C15H26N2O2. The minimum Gasteiger partial charge on any atom is -0.353 e. The quantitative estimate of drug-likeness (QED) is 0.826. The van der Waals surface area contributed by atoms with Gasteiger partial charge in [0.2, 0.25) is 11.8 Å². The topological polar surface area (TPSA) is 49.4 Å². The summed E-state index contributed by atoms with van der Waals surface area (Å²) in [6.07, 6.45) is 5.75. The third kappa shape index (κ3) is 3.71. The Balaban J connectivity index is 1.77. The number of hydrogen-bond acceptors (Lipinski definition) is 2. The number of nitrogens with one attached hydrogen (secondary N) is 1. The summed E-state index contributed by atoms with van der Waals surface area (Å²) in [6.45, 7) is 5.64. The molecule has 2 fully saturated rings. The fourth-order valence-corrected chi connectivity index (χ4v) is 2.80. The predicted molar refractivity (Wildman–Crippen MR) is 74.5 cm³/mol. The highest BCUT2D eigenvalue weighted by Crippen LogP contribution is 2.24. The van der Waals surface area contributed by atoms with Crippen molar-refractivity contribution in [2.75, 3.05) is 13.1 Å². The Morgan fingerprint density at radius 1 is 1.11 bits per heavy atom. The van der Waals surface area contributed by atoms with Crippen LogP contribution in [0.25, 0.3) is 0 Å². The molecule has 4 heteroatoms. The fraction of sp³-hybridized carbons (Fsp3) is 0.867. The summed E-state index contributed by atoms with van der Waals surface area (Å²) < 4.78 is 0. The van der Waals surface area contributed by atoms with Crippen molar-refractivity contribution in [1.29, 1.82) is 0 Å². The smallest absolute Gasteiger partial charge is 0.225 e. The first-order valence-electron chi connectivity index (χ1n) is 7.74. The van der Waals surface area contributed by atoms with Crippen molar-refractivity contribution in [3.8, 4) is 0 Å². The molecule has 0 spiro atoms. The lowest BCUT2D eigenvalue weighted by molar-refractivity contribution is -0.139. The van der Waals surface area contributed by atoms with E-state index in [0.717, 1.165) is 51.6 Å². The highest BCUT2D eigenvalue weighted by Gasteiger charge is 2.32.